The minimum absolute atomic E-state index is 0.754. The molecule has 0 saturated carbocycles. The van der Waals surface area contributed by atoms with E-state index in [0.29, 0.717) is 0 Å². The van der Waals surface area contributed by atoms with Crippen molar-refractivity contribution in [3.63, 3.8) is 0 Å². The van der Waals surface area contributed by atoms with Gasteiger partial charge >= 0.3 is 0 Å². The Labute approximate surface area is 164 Å². The van der Waals surface area contributed by atoms with Gasteiger partial charge in [0.2, 0.25) is 0 Å². The molecule has 0 N–H and O–H groups in total. The highest BCUT2D eigenvalue weighted by Gasteiger charge is 2.14. The van der Waals surface area contributed by atoms with Gasteiger partial charge in [-0.3, -0.25) is 4.57 Å². The number of aromatic nitrogens is 1. The molecular weight excluding hydrogens is 326 g/mol. The van der Waals surface area contributed by atoms with Crippen molar-refractivity contribution in [2.45, 2.75) is 0 Å². The van der Waals surface area contributed by atoms with Crippen LogP contribution in [0.2, 0.25) is 0 Å². The van der Waals surface area contributed by atoms with Crippen LogP contribution in [0.25, 0.3) is 23.9 Å². The first-order valence-electron chi connectivity index (χ1n) is 8.63. The normalized spacial score (nSPS) is 14.0. The summed E-state index contributed by atoms with van der Waals surface area (Å²) < 4.78 is 2.05. The van der Waals surface area contributed by atoms with Crippen LogP contribution in [-0.4, -0.2) is 25.9 Å². The molecule has 0 aliphatic carbocycles. The van der Waals surface area contributed by atoms with Gasteiger partial charge in [-0.2, -0.15) is 0 Å². The standard InChI is InChI=1S/C23H26B2N2/c1-7-13-18(16-17(24)10-4)27-21(15-9-3)20(14-8-2)19(11-5)23(27)26-22(25)12-6/h7-16H,1-6,24-25H2/b17-16+,18-13+,20-14-,21-15+,26-22+. The summed E-state index contributed by atoms with van der Waals surface area (Å²) in [6.07, 6.45) is 18.4. The lowest BCUT2D eigenvalue weighted by Gasteiger charge is -2.10. The lowest BCUT2D eigenvalue weighted by atomic mass is 9.94. The van der Waals surface area contributed by atoms with Crippen LogP contribution in [0.4, 0.5) is 5.82 Å². The van der Waals surface area contributed by atoms with Crippen molar-refractivity contribution < 1.29 is 0 Å². The van der Waals surface area contributed by atoms with Crippen molar-refractivity contribution >= 4 is 51.0 Å². The van der Waals surface area contributed by atoms with E-state index in [4.69, 9.17) is 4.99 Å². The molecule has 1 heterocycles. The van der Waals surface area contributed by atoms with Gasteiger partial charge in [-0.25, -0.2) is 4.99 Å². The van der Waals surface area contributed by atoms with Crippen LogP contribution in [0, 0.1) is 0 Å². The van der Waals surface area contributed by atoms with Crippen molar-refractivity contribution in [2.24, 2.45) is 4.99 Å². The van der Waals surface area contributed by atoms with Crippen LogP contribution in [0.5, 0.6) is 0 Å². The topological polar surface area (TPSA) is 17.3 Å². The molecule has 4 heteroatoms. The maximum Gasteiger partial charge on any atom is 0.164 e. The van der Waals surface area contributed by atoms with Crippen molar-refractivity contribution in [1.82, 2.24) is 4.57 Å². The summed E-state index contributed by atoms with van der Waals surface area (Å²) in [5, 5.41) is 1.90. The third-order valence-corrected chi connectivity index (χ3v) is 3.85. The Balaban J connectivity index is 4.32. The molecule has 1 aromatic rings. The number of allylic oxidation sites excluding steroid dienone is 9. The van der Waals surface area contributed by atoms with Gasteiger partial charge < -0.3 is 0 Å². The molecule has 0 unspecified atom stereocenters. The Hall–Kier alpha value is -3.26. The summed E-state index contributed by atoms with van der Waals surface area (Å²) in [5.41, 5.74) is 3.63. The molecule has 0 aliphatic rings. The summed E-state index contributed by atoms with van der Waals surface area (Å²) in [6, 6.07) is 0. The van der Waals surface area contributed by atoms with E-state index in [1.54, 1.807) is 36.5 Å². The van der Waals surface area contributed by atoms with Crippen LogP contribution in [0.1, 0.15) is 5.56 Å². The van der Waals surface area contributed by atoms with E-state index in [2.05, 4.69) is 44.0 Å². The van der Waals surface area contributed by atoms with Crippen LogP contribution in [-0.2, 0) is 0 Å². The monoisotopic (exact) mass is 352 g/mol. The van der Waals surface area contributed by atoms with Crippen LogP contribution in [0.15, 0.2) is 92.5 Å². The SMILES string of the molecule is B/C(C=C)=C/C(=C\C=C)n1c(/N=C(/B)C=C)c(C=C)c(=C/C=C)/c1=C\C=C. The lowest BCUT2D eigenvalue weighted by molar-refractivity contribution is 1.06. The Morgan fingerprint density at radius 1 is 0.889 bits per heavy atom. The fourth-order valence-electron chi connectivity index (χ4n) is 2.57. The molecule has 1 aromatic heterocycles. The molecule has 0 aliphatic heterocycles. The average molecular weight is 352 g/mol. The first-order chi connectivity index (χ1) is 13.0. The molecule has 0 atom stereocenters. The zero-order valence-electron chi connectivity index (χ0n) is 16.4. The smallest absolute Gasteiger partial charge is 0.164 e. The van der Waals surface area contributed by atoms with E-state index in [-0.39, 0.29) is 0 Å². The number of rotatable bonds is 9. The summed E-state index contributed by atoms with van der Waals surface area (Å²) in [7, 11) is 3.90. The summed E-state index contributed by atoms with van der Waals surface area (Å²) in [5.74, 6) is 0.754. The van der Waals surface area contributed by atoms with E-state index < -0.39 is 0 Å². The van der Waals surface area contributed by atoms with Crippen molar-refractivity contribution in [2.75, 3.05) is 0 Å². The summed E-state index contributed by atoms with van der Waals surface area (Å²) in [6.45, 7) is 23.2. The molecule has 0 fully saturated rings. The molecule has 0 aromatic carbocycles. The van der Waals surface area contributed by atoms with Gasteiger partial charge in [-0.1, -0.05) is 87.5 Å². The predicted molar refractivity (Wildman–Crippen MR) is 130 cm³/mol. The quantitative estimate of drug-likeness (QED) is 0.369. The van der Waals surface area contributed by atoms with Gasteiger partial charge in [0.05, 0.1) is 5.35 Å². The van der Waals surface area contributed by atoms with Crippen molar-refractivity contribution in [3.05, 3.63) is 104 Å². The molecular formula is C23H26B2N2. The number of hydrogen-bond donors (Lipinski definition) is 0. The van der Waals surface area contributed by atoms with Crippen LogP contribution < -0.4 is 10.6 Å². The minimum atomic E-state index is 0.754. The molecule has 0 spiro atoms. The molecule has 0 radical (unpaired) electrons. The van der Waals surface area contributed by atoms with Gasteiger partial charge in [0.15, 0.2) is 7.85 Å². The summed E-state index contributed by atoms with van der Waals surface area (Å²) >= 11 is 0. The minimum Gasteiger partial charge on any atom is -0.294 e. The van der Waals surface area contributed by atoms with Gasteiger partial charge in [0, 0.05) is 16.5 Å². The first kappa shape index (κ1) is 21.8. The zero-order valence-corrected chi connectivity index (χ0v) is 16.4. The van der Waals surface area contributed by atoms with Gasteiger partial charge in [0.1, 0.15) is 13.7 Å². The third-order valence-electron chi connectivity index (χ3n) is 3.85. The maximum absolute atomic E-state index is 4.78. The molecule has 0 bridgehead atoms. The van der Waals surface area contributed by atoms with Crippen molar-refractivity contribution in [3.8, 4) is 0 Å². The highest BCUT2D eigenvalue weighted by Crippen LogP contribution is 2.22. The molecule has 1 rings (SSSR count). The highest BCUT2D eigenvalue weighted by molar-refractivity contribution is 6.63. The Morgan fingerprint density at radius 2 is 1.56 bits per heavy atom. The van der Waals surface area contributed by atoms with Crippen LogP contribution in [0.3, 0.4) is 0 Å². The number of hydrogen-bond acceptors (Lipinski definition) is 1. The Kier molecular flexibility index (Phi) is 8.61. The highest BCUT2D eigenvalue weighted by atomic mass is 15.1. The zero-order chi connectivity index (χ0) is 20.4. The second-order valence-electron chi connectivity index (χ2n) is 5.76. The van der Waals surface area contributed by atoms with E-state index >= 15 is 0 Å². The average Bonchev–Trinajstić information content (AvgIpc) is 2.94. The molecule has 0 saturated heterocycles. The van der Waals surface area contributed by atoms with E-state index in [0.717, 1.165) is 38.7 Å². The van der Waals surface area contributed by atoms with Gasteiger partial charge in [-0.15, -0.1) is 0 Å². The molecule has 2 nitrogen and oxygen atoms in total. The third kappa shape index (κ3) is 5.11. The van der Waals surface area contributed by atoms with E-state index in [1.165, 1.54) is 0 Å². The van der Waals surface area contributed by atoms with Crippen molar-refractivity contribution in [1.29, 1.82) is 0 Å². The Morgan fingerprint density at radius 3 is 2.04 bits per heavy atom. The predicted octanol–water partition coefficient (Wildman–Crippen LogP) is 2.64. The second-order valence-corrected chi connectivity index (χ2v) is 5.76. The second kappa shape index (κ2) is 10.7. The fraction of sp³-hybridized carbons (Fsp3) is 0. The van der Waals surface area contributed by atoms with E-state index in [9.17, 15) is 0 Å². The number of nitrogens with zero attached hydrogens (tertiary/aromatic N) is 2. The Bertz CT molecular complexity index is 996. The van der Waals surface area contributed by atoms with Crippen LogP contribution >= 0.6 is 0 Å². The van der Waals surface area contributed by atoms with Gasteiger partial charge in [-0.05, 0) is 23.8 Å². The molecule has 27 heavy (non-hydrogen) atoms. The van der Waals surface area contributed by atoms with E-state index in [1.807, 2.05) is 40.0 Å². The maximum atomic E-state index is 4.78. The van der Waals surface area contributed by atoms with Gasteiger partial charge in [0.25, 0.3) is 0 Å². The fourth-order valence-corrected chi connectivity index (χ4v) is 2.57. The first-order valence-corrected chi connectivity index (χ1v) is 8.63. The molecule has 0 amide bonds. The lowest BCUT2D eigenvalue weighted by Crippen LogP contribution is -2.29. The largest absolute Gasteiger partial charge is 0.294 e. The molecule has 134 valence electrons. The number of aliphatic imine (C=N–C) groups is 1. The summed E-state index contributed by atoms with van der Waals surface area (Å²) in [4.78, 5) is 4.78.